The predicted octanol–water partition coefficient (Wildman–Crippen LogP) is 4.94. The van der Waals surface area contributed by atoms with Gasteiger partial charge in [0, 0.05) is 16.1 Å². The van der Waals surface area contributed by atoms with Crippen molar-refractivity contribution in [3.8, 4) is 17.1 Å². The van der Waals surface area contributed by atoms with Crippen LogP contribution in [0.3, 0.4) is 0 Å². The van der Waals surface area contributed by atoms with E-state index in [-0.39, 0.29) is 11.7 Å². The van der Waals surface area contributed by atoms with E-state index in [9.17, 15) is 4.79 Å². The zero-order valence-electron chi connectivity index (χ0n) is 17.1. The fraction of sp³-hybridized carbons (Fsp3) is 0.130. The van der Waals surface area contributed by atoms with Crippen LogP contribution in [0, 0.1) is 6.92 Å². The van der Waals surface area contributed by atoms with Crippen LogP contribution < -0.4 is 5.43 Å². The van der Waals surface area contributed by atoms with E-state index in [1.807, 2.05) is 90.5 Å². The van der Waals surface area contributed by atoms with Gasteiger partial charge in [-0.05, 0) is 37.4 Å². The lowest BCUT2D eigenvalue weighted by atomic mass is 10.2. The van der Waals surface area contributed by atoms with E-state index in [2.05, 4.69) is 20.7 Å². The van der Waals surface area contributed by atoms with Gasteiger partial charge in [0.2, 0.25) is 0 Å². The van der Waals surface area contributed by atoms with Gasteiger partial charge in [-0.1, -0.05) is 65.9 Å². The molecule has 156 valence electrons. The number of nitrogens with one attached hydrogen (secondary N) is 1. The highest BCUT2D eigenvalue weighted by Gasteiger charge is 2.17. The van der Waals surface area contributed by atoms with Gasteiger partial charge in [-0.2, -0.15) is 5.10 Å². The fourth-order valence-corrected chi connectivity index (χ4v) is 4.33. The third kappa shape index (κ3) is 5.10. The predicted molar refractivity (Wildman–Crippen MR) is 127 cm³/mol. The highest BCUT2D eigenvalue weighted by molar-refractivity contribution is 7.99. The van der Waals surface area contributed by atoms with Crippen molar-refractivity contribution in [2.75, 3.05) is 5.75 Å². The molecule has 1 amide bonds. The van der Waals surface area contributed by atoms with Crippen LogP contribution in [-0.4, -0.2) is 32.1 Å². The van der Waals surface area contributed by atoms with Crippen molar-refractivity contribution in [3.63, 3.8) is 0 Å². The van der Waals surface area contributed by atoms with Crippen molar-refractivity contribution in [1.29, 1.82) is 0 Å². The van der Waals surface area contributed by atoms with Crippen LogP contribution in [0.2, 0.25) is 0 Å². The first kappa shape index (κ1) is 21.0. The largest absolute Gasteiger partial charge is 0.272 e. The number of hydrogen-bond donors (Lipinski definition) is 1. The number of hydrogen-bond acceptors (Lipinski definition) is 6. The van der Waals surface area contributed by atoms with Crippen LogP contribution in [0.25, 0.3) is 17.1 Å². The van der Waals surface area contributed by atoms with E-state index in [0.717, 1.165) is 27.7 Å². The molecule has 0 saturated carbocycles. The number of carbonyl (C=O) groups excluding carboxylic acids is 1. The van der Waals surface area contributed by atoms with Crippen molar-refractivity contribution in [3.05, 3.63) is 82.6 Å². The Hall–Kier alpha value is -3.23. The van der Waals surface area contributed by atoms with Gasteiger partial charge in [0.15, 0.2) is 11.0 Å². The molecule has 0 bridgehead atoms. The van der Waals surface area contributed by atoms with E-state index in [4.69, 9.17) is 0 Å². The number of thiophene rings is 1. The third-order valence-corrected chi connectivity index (χ3v) is 6.42. The molecule has 1 N–H and O–H groups in total. The van der Waals surface area contributed by atoms with Crippen LogP contribution in [0.15, 0.2) is 82.4 Å². The van der Waals surface area contributed by atoms with Gasteiger partial charge < -0.3 is 0 Å². The normalized spacial score (nSPS) is 11.5. The number of benzene rings is 2. The van der Waals surface area contributed by atoms with Crippen LogP contribution >= 0.6 is 23.1 Å². The van der Waals surface area contributed by atoms with Gasteiger partial charge in [-0.15, -0.1) is 21.5 Å². The molecule has 0 radical (unpaired) electrons. The Morgan fingerprint density at radius 1 is 1.06 bits per heavy atom. The SMILES string of the molecule is C/C(=N\NC(=O)CSc1nnc(-c2ccccc2)n1-c1ccc(C)cc1)c1cccs1. The van der Waals surface area contributed by atoms with Crippen LogP contribution in [-0.2, 0) is 4.79 Å². The number of aromatic nitrogens is 3. The van der Waals surface area contributed by atoms with Gasteiger partial charge >= 0.3 is 0 Å². The summed E-state index contributed by atoms with van der Waals surface area (Å²) < 4.78 is 1.98. The zero-order valence-corrected chi connectivity index (χ0v) is 18.8. The Balaban J connectivity index is 1.54. The molecule has 4 aromatic rings. The first-order valence-corrected chi connectivity index (χ1v) is 11.6. The second kappa shape index (κ2) is 9.72. The molecule has 31 heavy (non-hydrogen) atoms. The number of amides is 1. The summed E-state index contributed by atoms with van der Waals surface area (Å²) in [5.41, 5.74) is 6.48. The fourth-order valence-electron chi connectivity index (χ4n) is 2.91. The van der Waals surface area contributed by atoms with Crippen LogP contribution in [0.4, 0.5) is 0 Å². The highest BCUT2D eigenvalue weighted by atomic mass is 32.2. The molecule has 2 aromatic heterocycles. The molecule has 0 fully saturated rings. The van der Waals surface area contributed by atoms with Crippen LogP contribution in [0.5, 0.6) is 0 Å². The average Bonchev–Trinajstić information content (AvgIpc) is 3.48. The smallest absolute Gasteiger partial charge is 0.250 e. The number of aryl methyl sites for hydroxylation is 1. The molecule has 0 spiro atoms. The maximum atomic E-state index is 12.4. The molecule has 0 aliphatic carbocycles. The number of hydrazone groups is 1. The van der Waals surface area contributed by atoms with Crippen molar-refractivity contribution >= 4 is 34.7 Å². The van der Waals surface area contributed by atoms with E-state index >= 15 is 0 Å². The number of nitrogens with zero attached hydrogens (tertiary/aromatic N) is 4. The molecule has 6 nitrogen and oxygen atoms in total. The highest BCUT2D eigenvalue weighted by Crippen LogP contribution is 2.28. The molecule has 4 rings (SSSR count). The summed E-state index contributed by atoms with van der Waals surface area (Å²) >= 11 is 2.91. The maximum absolute atomic E-state index is 12.4. The molecule has 0 unspecified atom stereocenters. The van der Waals surface area contributed by atoms with E-state index in [1.54, 1.807) is 11.3 Å². The first-order valence-electron chi connectivity index (χ1n) is 9.69. The van der Waals surface area contributed by atoms with Crippen LogP contribution in [0.1, 0.15) is 17.4 Å². The number of rotatable bonds is 7. The summed E-state index contributed by atoms with van der Waals surface area (Å²) in [6.45, 7) is 3.92. The third-order valence-electron chi connectivity index (χ3n) is 4.52. The summed E-state index contributed by atoms with van der Waals surface area (Å²) in [5, 5.41) is 15.6. The summed E-state index contributed by atoms with van der Waals surface area (Å²) in [6, 6.07) is 22.0. The zero-order chi connectivity index (χ0) is 21.6. The lowest BCUT2D eigenvalue weighted by molar-refractivity contribution is -0.118. The Morgan fingerprint density at radius 2 is 1.84 bits per heavy atom. The summed E-state index contributed by atoms with van der Waals surface area (Å²) in [5.74, 6) is 0.722. The minimum absolute atomic E-state index is 0.181. The second-order valence-electron chi connectivity index (χ2n) is 6.84. The molecule has 2 heterocycles. The maximum Gasteiger partial charge on any atom is 0.250 e. The van der Waals surface area contributed by atoms with E-state index < -0.39 is 0 Å². The molecule has 8 heteroatoms. The molecule has 0 saturated heterocycles. The molecule has 0 atom stereocenters. The minimum atomic E-state index is -0.194. The summed E-state index contributed by atoms with van der Waals surface area (Å²) in [7, 11) is 0. The number of thioether (sulfide) groups is 1. The monoisotopic (exact) mass is 447 g/mol. The van der Waals surface area contributed by atoms with Gasteiger partial charge in [-0.25, -0.2) is 5.43 Å². The molecule has 0 aliphatic heterocycles. The Kier molecular flexibility index (Phi) is 6.59. The average molecular weight is 448 g/mol. The van der Waals surface area contributed by atoms with Crippen molar-refractivity contribution in [2.24, 2.45) is 5.10 Å². The summed E-state index contributed by atoms with van der Waals surface area (Å²) in [4.78, 5) is 13.4. The Morgan fingerprint density at radius 3 is 2.55 bits per heavy atom. The first-order chi connectivity index (χ1) is 15.1. The van der Waals surface area contributed by atoms with Crippen molar-refractivity contribution in [2.45, 2.75) is 19.0 Å². The standard InChI is InChI=1S/C23H21N5OS2/c1-16-10-12-19(13-11-16)28-22(18-7-4-3-5-8-18)26-27-23(28)31-15-21(29)25-24-17(2)20-9-6-14-30-20/h3-14H,15H2,1-2H3,(H,25,29)/b24-17+. The quantitative estimate of drug-likeness (QED) is 0.248. The molecule has 0 aliphatic rings. The molecular formula is C23H21N5OS2. The second-order valence-corrected chi connectivity index (χ2v) is 8.73. The van der Waals surface area contributed by atoms with Gasteiger partial charge in [0.05, 0.1) is 11.5 Å². The minimum Gasteiger partial charge on any atom is -0.272 e. The molecular weight excluding hydrogens is 426 g/mol. The van der Waals surface area contributed by atoms with Gasteiger partial charge in [0.25, 0.3) is 5.91 Å². The van der Waals surface area contributed by atoms with Gasteiger partial charge in [-0.3, -0.25) is 9.36 Å². The Labute approximate surface area is 189 Å². The molecule has 2 aromatic carbocycles. The van der Waals surface area contributed by atoms with Gasteiger partial charge in [0.1, 0.15) is 0 Å². The van der Waals surface area contributed by atoms with Crippen molar-refractivity contribution < 1.29 is 4.79 Å². The topological polar surface area (TPSA) is 72.2 Å². The number of carbonyl (C=O) groups is 1. The van der Waals surface area contributed by atoms with E-state index in [1.165, 1.54) is 17.3 Å². The summed E-state index contributed by atoms with van der Waals surface area (Å²) in [6.07, 6.45) is 0. The lowest BCUT2D eigenvalue weighted by Gasteiger charge is -2.10. The van der Waals surface area contributed by atoms with Crippen molar-refractivity contribution in [1.82, 2.24) is 20.2 Å². The lowest BCUT2D eigenvalue weighted by Crippen LogP contribution is -2.21. The van der Waals surface area contributed by atoms with E-state index in [0.29, 0.717) is 5.16 Å². The Bertz CT molecular complexity index is 1180.